The summed E-state index contributed by atoms with van der Waals surface area (Å²) >= 11 is 3.16. The predicted octanol–water partition coefficient (Wildman–Crippen LogP) is 2.80. The molecule has 0 radical (unpaired) electrons. The van der Waals surface area contributed by atoms with Gasteiger partial charge in [-0.3, -0.25) is 0 Å². The minimum atomic E-state index is -0.418. The van der Waals surface area contributed by atoms with E-state index in [0.717, 1.165) is 4.48 Å². The predicted molar refractivity (Wildman–Crippen MR) is 37.0 cm³/mol. The van der Waals surface area contributed by atoms with Crippen molar-refractivity contribution in [2.45, 2.75) is 12.8 Å². The summed E-state index contributed by atoms with van der Waals surface area (Å²) in [5.41, 5.74) is 0. The summed E-state index contributed by atoms with van der Waals surface area (Å²) in [7, 11) is 0. The molecule has 0 aliphatic heterocycles. The SMILES string of the molecule is OC1=C(F)CCC(Br)=C1. The van der Waals surface area contributed by atoms with Crippen molar-refractivity contribution in [1.29, 1.82) is 0 Å². The Bertz CT molecular complexity index is 183. The van der Waals surface area contributed by atoms with Crippen molar-refractivity contribution in [2.24, 2.45) is 0 Å². The first-order valence-corrected chi connectivity index (χ1v) is 3.43. The Morgan fingerprint density at radius 2 is 2.22 bits per heavy atom. The Labute approximate surface area is 61.0 Å². The molecule has 3 heteroatoms. The molecule has 1 N–H and O–H groups in total. The zero-order valence-corrected chi connectivity index (χ0v) is 6.28. The fourth-order valence-electron chi connectivity index (χ4n) is 0.656. The fourth-order valence-corrected chi connectivity index (χ4v) is 1.07. The molecule has 0 heterocycles. The Morgan fingerprint density at radius 3 is 2.67 bits per heavy atom. The summed E-state index contributed by atoms with van der Waals surface area (Å²) in [5.74, 6) is -0.661. The topological polar surface area (TPSA) is 20.2 Å². The number of allylic oxidation sites excluding steroid dienone is 3. The average molecular weight is 193 g/mol. The number of hydrogen-bond acceptors (Lipinski definition) is 1. The molecule has 50 valence electrons. The van der Waals surface area contributed by atoms with E-state index in [4.69, 9.17) is 5.11 Å². The second-order valence-corrected chi connectivity index (χ2v) is 2.90. The molecule has 0 spiro atoms. The van der Waals surface area contributed by atoms with E-state index in [2.05, 4.69) is 15.9 Å². The molecule has 0 saturated heterocycles. The van der Waals surface area contributed by atoms with Crippen LogP contribution < -0.4 is 0 Å². The minimum absolute atomic E-state index is 0.242. The largest absolute Gasteiger partial charge is 0.505 e. The number of hydrogen-bond donors (Lipinski definition) is 1. The molecular formula is C6H6BrFO. The third-order valence-electron chi connectivity index (χ3n) is 1.15. The van der Waals surface area contributed by atoms with Crippen LogP contribution in [0.4, 0.5) is 4.39 Å². The molecule has 0 fully saturated rings. The van der Waals surface area contributed by atoms with Gasteiger partial charge in [-0.15, -0.1) is 0 Å². The molecule has 0 amide bonds. The molecule has 0 atom stereocenters. The Hall–Kier alpha value is -0.310. The van der Waals surface area contributed by atoms with E-state index in [9.17, 15) is 4.39 Å². The van der Waals surface area contributed by atoms with Crippen molar-refractivity contribution in [3.05, 3.63) is 22.1 Å². The van der Waals surface area contributed by atoms with E-state index < -0.39 is 5.83 Å². The smallest absolute Gasteiger partial charge is 0.147 e. The number of rotatable bonds is 0. The molecule has 0 aromatic rings. The van der Waals surface area contributed by atoms with Gasteiger partial charge in [0.15, 0.2) is 0 Å². The van der Waals surface area contributed by atoms with Gasteiger partial charge in [0, 0.05) is 6.42 Å². The van der Waals surface area contributed by atoms with Crippen molar-refractivity contribution in [3.8, 4) is 0 Å². The molecule has 0 aromatic carbocycles. The zero-order valence-electron chi connectivity index (χ0n) is 4.69. The van der Waals surface area contributed by atoms with Gasteiger partial charge in [0.05, 0.1) is 0 Å². The summed E-state index contributed by atoms with van der Waals surface area (Å²) < 4.78 is 13.2. The Morgan fingerprint density at radius 1 is 1.56 bits per heavy atom. The molecule has 1 aliphatic carbocycles. The zero-order chi connectivity index (χ0) is 6.85. The molecule has 1 aliphatic rings. The van der Waals surface area contributed by atoms with E-state index in [1.807, 2.05) is 0 Å². The molecule has 1 nitrogen and oxygen atoms in total. The lowest BCUT2D eigenvalue weighted by atomic mass is 10.1. The fraction of sp³-hybridized carbons (Fsp3) is 0.333. The standard InChI is InChI=1S/C6H6BrFO/c7-4-1-2-5(8)6(9)3-4/h3,9H,1-2H2. The van der Waals surface area contributed by atoms with Crippen molar-refractivity contribution >= 4 is 15.9 Å². The van der Waals surface area contributed by atoms with E-state index in [1.165, 1.54) is 6.08 Å². The van der Waals surface area contributed by atoms with Gasteiger partial charge in [-0.1, -0.05) is 15.9 Å². The highest BCUT2D eigenvalue weighted by Gasteiger charge is 2.09. The third-order valence-corrected chi connectivity index (χ3v) is 1.78. The van der Waals surface area contributed by atoms with Crippen LogP contribution in [-0.2, 0) is 0 Å². The second-order valence-electron chi connectivity index (χ2n) is 1.88. The van der Waals surface area contributed by atoms with Gasteiger partial charge in [0.2, 0.25) is 0 Å². The average Bonchev–Trinajstić information content (AvgIpc) is 1.80. The maximum atomic E-state index is 12.3. The molecule has 0 aromatic heterocycles. The Kier molecular flexibility index (Phi) is 1.90. The van der Waals surface area contributed by atoms with E-state index in [1.54, 1.807) is 0 Å². The molecule has 0 unspecified atom stereocenters. The van der Waals surface area contributed by atoms with Crippen molar-refractivity contribution < 1.29 is 9.50 Å². The normalized spacial score (nSPS) is 20.0. The van der Waals surface area contributed by atoms with Crippen LogP contribution in [0, 0.1) is 0 Å². The van der Waals surface area contributed by atoms with Gasteiger partial charge in [-0.05, 0) is 17.0 Å². The van der Waals surface area contributed by atoms with Gasteiger partial charge < -0.3 is 5.11 Å². The van der Waals surface area contributed by atoms with Crippen LogP contribution >= 0.6 is 15.9 Å². The van der Waals surface area contributed by atoms with Gasteiger partial charge in [-0.25, -0.2) is 4.39 Å². The summed E-state index contributed by atoms with van der Waals surface area (Å²) in [6.07, 6.45) is 2.34. The van der Waals surface area contributed by atoms with Crippen LogP contribution in [0.3, 0.4) is 0 Å². The first-order valence-electron chi connectivity index (χ1n) is 2.64. The maximum Gasteiger partial charge on any atom is 0.147 e. The monoisotopic (exact) mass is 192 g/mol. The van der Waals surface area contributed by atoms with Gasteiger partial charge in [-0.2, -0.15) is 0 Å². The van der Waals surface area contributed by atoms with Crippen molar-refractivity contribution in [1.82, 2.24) is 0 Å². The van der Waals surface area contributed by atoms with Gasteiger partial charge in [0.25, 0.3) is 0 Å². The summed E-state index contributed by atoms with van der Waals surface area (Å²) in [6.45, 7) is 0. The third kappa shape index (κ3) is 1.55. The molecule has 1 rings (SSSR count). The highest BCUT2D eigenvalue weighted by atomic mass is 79.9. The molecule has 0 saturated carbocycles. The van der Waals surface area contributed by atoms with E-state index in [-0.39, 0.29) is 5.76 Å². The number of aliphatic hydroxyl groups excluding tert-OH is 1. The molecular weight excluding hydrogens is 187 g/mol. The highest BCUT2D eigenvalue weighted by Crippen LogP contribution is 2.26. The lowest BCUT2D eigenvalue weighted by Gasteiger charge is -2.05. The second kappa shape index (κ2) is 2.52. The molecule has 0 bridgehead atoms. The first-order chi connectivity index (χ1) is 4.20. The van der Waals surface area contributed by atoms with Gasteiger partial charge >= 0.3 is 0 Å². The van der Waals surface area contributed by atoms with Crippen LogP contribution in [0.1, 0.15) is 12.8 Å². The van der Waals surface area contributed by atoms with Crippen LogP contribution in [0.2, 0.25) is 0 Å². The quantitative estimate of drug-likeness (QED) is 0.627. The highest BCUT2D eigenvalue weighted by molar-refractivity contribution is 9.11. The minimum Gasteiger partial charge on any atom is -0.505 e. The van der Waals surface area contributed by atoms with Crippen LogP contribution in [0.15, 0.2) is 22.1 Å². The lowest BCUT2D eigenvalue weighted by molar-refractivity contribution is 0.387. The molecule has 9 heavy (non-hydrogen) atoms. The summed E-state index contributed by atoms with van der Waals surface area (Å²) in [5, 5.41) is 8.75. The summed E-state index contributed by atoms with van der Waals surface area (Å²) in [4.78, 5) is 0. The van der Waals surface area contributed by atoms with Crippen LogP contribution in [0.5, 0.6) is 0 Å². The first kappa shape index (κ1) is 6.81. The lowest BCUT2D eigenvalue weighted by Crippen LogP contribution is -1.90. The number of halogens is 2. The van der Waals surface area contributed by atoms with Crippen LogP contribution in [-0.4, -0.2) is 5.11 Å². The van der Waals surface area contributed by atoms with E-state index >= 15 is 0 Å². The van der Waals surface area contributed by atoms with Crippen molar-refractivity contribution in [2.75, 3.05) is 0 Å². The Balaban J connectivity index is 2.83. The maximum absolute atomic E-state index is 12.3. The summed E-state index contributed by atoms with van der Waals surface area (Å²) in [6, 6.07) is 0. The van der Waals surface area contributed by atoms with Crippen molar-refractivity contribution in [3.63, 3.8) is 0 Å². The van der Waals surface area contributed by atoms with Crippen LogP contribution in [0.25, 0.3) is 0 Å². The van der Waals surface area contributed by atoms with E-state index in [0.29, 0.717) is 12.8 Å². The van der Waals surface area contributed by atoms with Gasteiger partial charge in [0.1, 0.15) is 11.6 Å². The number of aliphatic hydroxyl groups is 1.